The summed E-state index contributed by atoms with van der Waals surface area (Å²) in [6, 6.07) is 13.5. The number of carbonyl (C=O) groups excluding carboxylic acids is 1. The van der Waals surface area contributed by atoms with Crippen LogP contribution >= 0.6 is 0 Å². The first kappa shape index (κ1) is 21.4. The molecule has 3 rings (SSSR count). The Morgan fingerprint density at radius 2 is 2.06 bits per heavy atom. The Morgan fingerprint density at radius 3 is 2.81 bits per heavy atom. The number of benzene rings is 1. The summed E-state index contributed by atoms with van der Waals surface area (Å²) in [5.74, 6) is 0.177. The zero-order valence-electron chi connectivity index (χ0n) is 16.6. The van der Waals surface area contributed by atoms with E-state index in [-0.39, 0.29) is 5.82 Å². The Labute approximate surface area is 179 Å². The summed E-state index contributed by atoms with van der Waals surface area (Å²) in [5.41, 5.74) is 4.94. The molecule has 8 nitrogen and oxygen atoms in total. The van der Waals surface area contributed by atoms with Crippen molar-refractivity contribution in [2.75, 3.05) is 16.8 Å². The third-order valence-electron chi connectivity index (χ3n) is 4.31. The van der Waals surface area contributed by atoms with E-state index in [1.807, 2.05) is 12.1 Å². The SMILES string of the molecule is N#CNN=Cc1ccc(N(C=O)Cc2cccnc2)c(NCCc2cccc(F)c2)n1. The minimum Gasteiger partial charge on any atom is -0.368 e. The molecule has 0 fully saturated rings. The normalized spacial score (nSPS) is 10.5. The third kappa shape index (κ3) is 6.33. The van der Waals surface area contributed by atoms with Crippen molar-refractivity contribution in [1.82, 2.24) is 15.4 Å². The highest BCUT2D eigenvalue weighted by Gasteiger charge is 2.14. The molecule has 3 aromatic rings. The van der Waals surface area contributed by atoms with Crippen LogP contribution in [0.4, 0.5) is 15.9 Å². The summed E-state index contributed by atoms with van der Waals surface area (Å²) in [4.78, 5) is 21.9. The van der Waals surface area contributed by atoms with Crippen LogP contribution in [0.1, 0.15) is 16.8 Å². The number of hydrazone groups is 1. The molecule has 0 saturated carbocycles. The van der Waals surface area contributed by atoms with Gasteiger partial charge in [-0.2, -0.15) is 10.4 Å². The second kappa shape index (κ2) is 11.0. The molecule has 0 aliphatic rings. The van der Waals surface area contributed by atoms with Gasteiger partial charge in [0.05, 0.1) is 24.1 Å². The minimum absolute atomic E-state index is 0.289. The van der Waals surface area contributed by atoms with E-state index in [9.17, 15) is 9.18 Å². The van der Waals surface area contributed by atoms with E-state index in [1.165, 1.54) is 23.2 Å². The number of halogens is 1. The second-order valence-electron chi connectivity index (χ2n) is 6.49. The summed E-state index contributed by atoms with van der Waals surface area (Å²) in [6.07, 6.45) is 7.74. The highest BCUT2D eigenvalue weighted by Crippen LogP contribution is 2.25. The summed E-state index contributed by atoms with van der Waals surface area (Å²) in [7, 11) is 0. The highest BCUT2D eigenvalue weighted by molar-refractivity contribution is 5.85. The summed E-state index contributed by atoms with van der Waals surface area (Å²) in [5, 5.41) is 15.5. The summed E-state index contributed by atoms with van der Waals surface area (Å²) in [6.45, 7) is 0.793. The van der Waals surface area contributed by atoms with E-state index < -0.39 is 0 Å². The van der Waals surface area contributed by atoms with Crippen LogP contribution in [0.25, 0.3) is 0 Å². The van der Waals surface area contributed by atoms with Gasteiger partial charge in [0.2, 0.25) is 6.41 Å². The van der Waals surface area contributed by atoms with Gasteiger partial charge in [-0.25, -0.2) is 14.8 Å². The van der Waals surface area contributed by atoms with Crippen molar-refractivity contribution in [3.05, 3.63) is 83.6 Å². The van der Waals surface area contributed by atoms with Gasteiger partial charge < -0.3 is 10.2 Å². The van der Waals surface area contributed by atoms with Gasteiger partial charge in [-0.05, 0) is 47.9 Å². The number of aromatic nitrogens is 2. The van der Waals surface area contributed by atoms with Crippen molar-refractivity contribution < 1.29 is 9.18 Å². The Balaban J connectivity index is 1.82. The van der Waals surface area contributed by atoms with Gasteiger partial charge >= 0.3 is 0 Å². The quantitative estimate of drug-likeness (QED) is 0.173. The molecule has 0 radical (unpaired) electrons. The fourth-order valence-electron chi connectivity index (χ4n) is 2.91. The Bertz CT molecular complexity index is 1080. The van der Waals surface area contributed by atoms with Crippen LogP contribution in [0.15, 0.2) is 66.0 Å². The van der Waals surface area contributed by atoms with Gasteiger partial charge in [-0.15, -0.1) is 0 Å². The van der Waals surface area contributed by atoms with Gasteiger partial charge in [0, 0.05) is 18.9 Å². The van der Waals surface area contributed by atoms with E-state index in [0.717, 1.165) is 17.5 Å². The van der Waals surface area contributed by atoms with Crippen LogP contribution in [-0.4, -0.2) is 29.1 Å². The fraction of sp³-hybridized carbons (Fsp3) is 0.136. The molecule has 0 bridgehead atoms. The summed E-state index contributed by atoms with van der Waals surface area (Å²) < 4.78 is 13.4. The maximum Gasteiger partial charge on any atom is 0.214 e. The lowest BCUT2D eigenvalue weighted by molar-refractivity contribution is -0.107. The number of nitriles is 1. The van der Waals surface area contributed by atoms with Crippen molar-refractivity contribution in [2.45, 2.75) is 13.0 Å². The molecule has 2 heterocycles. The van der Waals surface area contributed by atoms with Crippen molar-refractivity contribution >= 4 is 24.1 Å². The molecule has 0 aliphatic heterocycles. The van der Waals surface area contributed by atoms with Gasteiger partial charge in [-0.1, -0.05) is 18.2 Å². The number of amides is 1. The topological polar surface area (TPSA) is 106 Å². The van der Waals surface area contributed by atoms with Gasteiger partial charge in [0.25, 0.3) is 0 Å². The lowest BCUT2D eigenvalue weighted by atomic mass is 10.1. The van der Waals surface area contributed by atoms with E-state index in [1.54, 1.807) is 42.9 Å². The van der Waals surface area contributed by atoms with E-state index in [2.05, 4.69) is 25.8 Å². The maximum absolute atomic E-state index is 13.4. The zero-order valence-corrected chi connectivity index (χ0v) is 16.6. The number of anilines is 2. The molecule has 1 aromatic carbocycles. The van der Waals surface area contributed by atoms with Crippen molar-refractivity contribution in [1.29, 1.82) is 5.26 Å². The number of rotatable bonds is 10. The van der Waals surface area contributed by atoms with Crippen molar-refractivity contribution in [3.8, 4) is 6.19 Å². The maximum atomic E-state index is 13.4. The molecule has 2 aromatic heterocycles. The standard InChI is InChI=1S/C22H20FN7O/c23-19-5-1-3-17(11-19)8-10-26-22-21(7-6-20(29-22)13-27-28-15-24)30(16-31)14-18-4-2-9-25-12-18/h1-7,9,11-13,16,28H,8,10,14H2,(H,26,29). The number of carbonyl (C=O) groups is 1. The molecule has 0 atom stereocenters. The van der Waals surface area contributed by atoms with Crippen LogP contribution < -0.4 is 15.6 Å². The first-order chi connectivity index (χ1) is 15.2. The molecule has 0 unspecified atom stereocenters. The van der Waals surface area contributed by atoms with Crippen molar-refractivity contribution in [2.24, 2.45) is 5.10 Å². The second-order valence-corrected chi connectivity index (χ2v) is 6.49. The van der Waals surface area contributed by atoms with E-state index in [0.29, 0.717) is 36.7 Å². The van der Waals surface area contributed by atoms with Crippen LogP contribution in [0.2, 0.25) is 0 Å². The highest BCUT2D eigenvalue weighted by atomic mass is 19.1. The van der Waals surface area contributed by atoms with E-state index in [4.69, 9.17) is 5.26 Å². The molecule has 31 heavy (non-hydrogen) atoms. The molecule has 2 N–H and O–H groups in total. The molecule has 0 spiro atoms. The largest absolute Gasteiger partial charge is 0.368 e. The number of hydrogen-bond donors (Lipinski definition) is 2. The predicted molar refractivity (Wildman–Crippen MR) is 116 cm³/mol. The molecular weight excluding hydrogens is 397 g/mol. The van der Waals surface area contributed by atoms with E-state index >= 15 is 0 Å². The van der Waals surface area contributed by atoms with Gasteiger partial charge in [0.1, 0.15) is 5.82 Å². The fourth-order valence-corrected chi connectivity index (χ4v) is 2.91. The van der Waals surface area contributed by atoms with Gasteiger partial charge in [-0.3, -0.25) is 9.78 Å². The molecule has 1 amide bonds. The molecule has 0 saturated heterocycles. The number of pyridine rings is 2. The third-order valence-corrected chi connectivity index (χ3v) is 4.31. The average molecular weight is 417 g/mol. The first-order valence-electron chi connectivity index (χ1n) is 9.47. The molecular formula is C22H20FN7O. The van der Waals surface area contributed by atoms with Crippen LogP contribution in [0.3, 0.4) is 0 Å². The predicted octanol–water partition coefficient (Wildman–Crippen LogP) is 2.84. The van der Waals surface area contributed by atoms with Crippen LogP contribution in [0.5, 0.6) is 0 Å². The average Bonchev–Trinajstić information content (AvgIpc) is 2.79. The Hall–Kier alpha value is -4.32. The number of nitrogens with one attached hydrogen (secondary N) is 2. The smallest absolute Gasteiger partial charge is 0.214 e. The lowest BCUT2D eigenvalue weighted by Gasteiger charge is -2.21. The molecule has 0 aliphatic carbocycles. The van der Waals surface area contributed by atoms with Gasteiger partial charge in [0.15, 0.2) is 12.0 Å². The Morgan fingerprint density at radius 1 is 1.19 bits per heavy atom. The number of hydrogen-bond acceptors (Lipinski definition) is 7. The van der Waals surface area contributed by atoms with Crippen LogP contribution in [-0.2, 0) is 17.8 Å². The lowest BCUT2D eigenvalue weighted by Crippen LogP contribution is -2.23. The van der Waals surface area contributed by atoms with Crippen molar-refractivity contribution in [3.63, 3.8) is 0 Å². The minimum atomic E-state index is -0.289. The number of nitrogens with zero attached hydrogens (tertiary/aromatic N) is 5. The molecule has 9 heteroatoms. The monoisotopic (exact) mass is 417 g/mol. The first-order valence-corrected chi connectivity index (χ1v) is 9.47. The Kier molecular flexibility index (Phi) is 7.60. The molecule has 156 valence electrons. The van der Waals surface area contributed by atoms with Crippen LogP contribution in [0, 0.1) is 17.3 Å². The summed E-state index contributed by atoms with van der Waals surface area (Å²) >= 11 is 0. The zero-order chi connectivity index (χ0) is 21.9.